The summed E-state index contributed by atoms with van der Waals surface area (Å²) in [5.41, 5.74) is 3.01. The van der Waals surface area contributed by atoms with Crippen molar-refractivity contribution in [1.82, 2.24) is 0 Å². The van der Waals surface area contributed by atoms with Crippen LogP contribution in [0.25, 0.3) is 0 Å². The van der Waals surface area contributed by atoms with Gasteiger partial charge < -0.3 is 9.47 Å². The molecule has 0 radical (unpaired) electrons. The smallest absolute Gasteiger partial charge is 0.333 e. The predicted molar refractivity (Wildman–Crippen MR) is 90.6 cm³/mol. The molecule has 0 aromatic heterocycles. The predicted octanol–water partition coefficient (Wildman–Crippen LogP) is 4.55. The van der Waals surface area contributed by atoms with Gasteiger partial charge in [0.05, 0.1) is 19.1 Å². The van der Waals surface area contributed by atoms with Crippen LogP contribution in [0.4, 0.5) is 0 Å². The van der Waals surface area contributed by atoms with Crippen LogP contribution in [0.15, 0.2) is 23.0 Å². The molecule has 0 aromatic rings. The summed E-state index contributed by atoms with van der Waals surface area (Å²) in [5, 5.41) is 0. The second-order valence-corrected chi connectivity index (χ2v) is 7.21. The first-order chi connectivity index (χ1) is 10.7. The first-order valence-electron chi connectivity index (χ1n) is 8.36. The van der Waals surface area contributed by atoms with Crippen LogP contribution in [0.5, 0.6) is 0 Å². The molecule has 0 aromatic carbocycles. The fourth-order valence-electron chi connectivity index (χ4n) is 3.07. The van der Waals surface area contributed by atoms with Gasteiger partial charge in [-0.05, 0) is 38.0 Å². The van der Waals surface area contributed by atoms with Gasteiger partial charge >= 0.3 is 11.9 Å². The van der Waals surface area contributed by atoms with Gasteiger partial charge in [0.1, 0.15) is 5.76 Å². The van der Waals surface area contributed by atoms with Crippen LogP contribution in [0, 0.1) is 11.3 Å². The number of ether oxygens (including phenoxy) is 2. The van der Waals surface area contributed by atoms with E-state index in [-0.39, 0.29) is 17.3 Å². The maximum Gasteiger partial charge on any atom is 0.333 e. The molecule has 0 unspecified atom stereocenters. The van der Waals surface area contributed by atoms with Crippen molar-refractivity contribution in [2.75, 3.05) is 7.11 Å². The van der Waals surface area contributed by atoms with Crippen molar-refractivity contribution in [3.63, 3.8) is 0 Å². The molecule has 130 valence electrons. The Kier molecular flexibility index (Phi) is 7.04. The van der Waals surface area contributed by atoms with Crippen molar-refractivity contribution < 1.29 is 19.1 Å². The minimum Gasteiger partial charge on any atom is -0.466 e. The lowest BCUT2D eigenvalue weighted by atomic mass is 9.71. The molecule has 0 saturated carbocycles. The maximum absolute atomic E-state index is 11.8. The number of methoxy groups -OCH3 is 1. The zero-order valence-electron chi connectivity index (χ0n) is 15.3. The molecule has 0 aliphatic heterocycles. The van der Waals surface area contributed by atoms with Crippen molar-refractivity contribution in [3.05, 3.63) is 23.0 Å². The van der Waals surface area contributed by atoms with E-state index >= 15 is 0 Å². The number of esters is 2. The van der Waals surface area contributed by atoms with Crippen LogP contribution < -0.4 is 0 Å². The number of carbonyl (C=O) groups excluding carboxylic acids is 2. The molecule has 0 fully saturated rings. The van der Waals surface area contributed by atoms with Crippen LogP contribution in [0.3, 0.4) is 0 Å². The van der Waals surface area contributed by atoms with E-state index in [0.29, 0.717) is 12.2 Å². The van der Waals surface area contributed by atoms with Crippen molar-refractivity contribution in [1.29, 1.82) is 0 Å². The highest BCUT2D eigenvalue weighted by atomic mass is 16.5. The number of rotatable bonds is 6. The molecular weight excluding hydrogens is 292 g/mol. The van der Waals surface area contributed by atoms with E-state index in [4.69, 9.17) is 4.74 Å². The topological polar surface area (TPSA) is 52.6 Å². The fourth-order valence-corrected chi connectivity index (χ4v) is 3.07. The number of hydrogen-bond acceptors (Lipinski definition) is 4. The molecule has 4 heteroatoms. The van der Waals surface area contributed by atoms with E-state index in [1.807, 2.05) is 0 Å². The Balaban J connectivity index is 2.87. The number of allylic oxidation sites excluding steroid dienone is 3. The first-order valence-corrected chi connectivity index (χ1v) is 8.36. The molecule has 0 atom stereocenters. The Morgan fingerprint density at radius 2 is 1.96 bits per heavy atom. The highest BCUT2D eigenvalue weighted by Crippen LogP contribution is 2.42. The SMILES string of the molecule is COC(=O)C=C(CCC1=C(C)CCCC1(C)C)OC(=O)C(C)C. The lowest BCUT2D eigenvalue weighted by molar-refractivity contribution is -0.143. The van der Waals surface area contributed by atoms with Crippen LogP contribution in [-0.4, -0.2) is 19.0 Å². The highest BCUT2D eigenvalue weighted by Gasteiger charge is 2.28. The van der Waals surface area contributed by atoms with Crippen LogP contribution in [0.2, 0.25) is 0 Å². The van der Waals surface area contributed by atoms with Crippen LogP contribution in [0.1, 0.15) is 66.7 Å². The molecular formula is C19H30O4. The summed E-state index contributed by atoms with van der Waals surface area (Å²) < 4.78 is 10.0. The van der Waals surface area contributed by atoms with Gasteiger partial charge in [0.15, 0.2) is 0 Å². The van der Waals surface area contributed by atoms with E-state index in [9.17, 15) is 9.59 Å². The summed E-state index contributed by atoms with van der Waals surface area (Å²) in [6.45, 7) is 10.2. The molecule has 1 aliphatic rings. The zero-order chi connectivity index (χ0) is 17.6. The molecule has 0 heterocycles. The quantitative estimate of drug-likeness (QED) is 0.311. The maximum atomic E-state index is 11.8. The molecule has 0 spiro atoms. The van der Waals surface area contributed by atoms with Crippen molar-refractivity contribution >= 4 is 11.9 Å². The summed E-state index contributed by atoms with van der Waals surface area (Å²) in [6, 6.07) is 0. The summed E-state index contributed by atoms with van der Waals surface area (Å²) in [7, 11) is 1.32. The molecule has 23 heavy (non-hydrogen) atoms. The normalized spacial score (nSPS) is 18.1. The number of carbonyl (C=O) groups is 2. The van der Waals surface area contributed by atoms with Crippen LogP contribution in [-0.2, 0) is 19.1 Å². The highest BCUT2D eigenvalue weighted by molar-refractivity contribution is 5.83. The van der Waals surface area contributed by atoms with Crippen molar-refractivity contribution in [2.45, 2.75) is 66.7 Å². The van der Waals surface area contributed by atoms with Gasteiger partial charge in [-0.3, -0.25) is 4.79 Å². The number of hydrogen-bond donors (Lipinski definition) is 0. The van der Waals surface area contributed by atoms with Crippen molar-refractivity contribution in [3.8, 4) is 0 Å². The Hall–Kier alpha value is -1.58. The molecule has 0 saturated heterocycles. The van der Waals surface area contributed by atoms with Gasteiger partial charge in [-0.25, -0.2) is 4.79 Å². The average Bonchev–Trinajstić information content (AvgIpc) is 2.45. The Labute approximate surface area is 139 Å². The molecule has 0 N–H and O–H groups in total. The first kappa shape index (κ1) is 19.5. The molecule has 4 nitrogen and oxygen atoms in total. The Morgan fingerprint density at radius 1 is 1.30 bits per heavy atom. The third-order valence-corrected chi connectivity index (χ3v) is 4.49. The van der Waals surface area contributed by atoms with Crippen LogP contribution >= 0.6 is 0 Å². The lowest BCUT2D eigenvalue weighted by Crippen LogP contribution is -2.21. The van der Waals surface area contributed by atoms with Gasteiger partial charge in [0.2, 0.25) is 0 Å². The minimum atomic E-state index is -0.495. The average molecular weight is 322 g/mol. The summed E-state index contributed by atoms with van der Waals surface area (Å²) >= 11 is 0. The van der Waals surface area contributed by atoms with Gasteiger partial charge in [-0.15, -0.1) is 0 Å². The zero-order valence-corrected chi connectivity index (χ0v) is 15.3. The summed E-state index contributed by atoms with van der Waals surface area (Å²) in [4.78, 5) is 23.4. The van der Waals surface area contributed by atoms with E-state index in [2.05, 4.69) is 25.5 Å². The van der Waals surface area contributed by atoms with E-state index < -0.39 is 5.97 Å². The molecule has 1 aliphatic carbocycles. The van der Waals surface area contributed by atoms with Gasteiger partial charge in [-0.1, -0.05) is 38.8 Å². The molecule has 0 bridgehead atoms. The van der Waals surface area contributed by atoms with Gasteiger partial charge in [0.25, 0.3) is 0 Å². The minimum absolute atomic E-state index is 0.167. The van der Waals surface area contributed by atoms with Crippen molar-refractivity contribution in [2.24, 2.45) is 11.3 Å². The third-order valence-electron chi connectivity index (χ3n) is 4.49. The van der Waals surface area contributed by atoms with Gasteiger partial charge in [0, 0.05) is 6.42 Å². The second kappa shape index (κ2) is 8.32. The standard InChI is InChI=1S/C19H30O4/c1-13(2)18(21)23-15(12-17(20)22-6)9-10-16-14(3)8-7-11-19(16,4)5/h12-13H,7-11H2,1-6H3. The Morgan fingerprint density at radius 3 is 2.48 bits per heavy atom. The van der Waals surface area contributed by atoms with Gasteiger partial charge in [-0.2, -0.15) is 0 Å². The largest absolute Gasteiger partial charge is 0.466 e. The molecule has 0 amide bonds. The monoisotopic (exact) mass is 322 g/mol. The lowest BCUT2D eigenvalue weighted by Gasteiger charge is -2.34. The summed E-state index contributed by atoms with van der Waals surface area (Å²) in [5.74, 6) is -0.667. The second-order valence-electron chi connectivity index (χ2n) is 7.21. The third kappa shape index (κ3) is 5.85. The summed E-state index contributed by atoms with van der Waals surface area (Å²) in [6.07, 6.45) is 6.13. The molecule has 1 rings (SSSR count). The van der Waals surface area contributed by atoms with E-state index in [1.54, 1.807) is 13.8 Å². The van der Waals surface area contributed by atoms with E-state index in [1.165, 1.54) is 37.2 Å². The fraction of sp³-hybridized carbons (Fsp3) is 0.684. The van der Waals surface area contributed by atoms with E-state index in [0.717, 1.165) is 12.8 Å². The Bertz CT molecular complexity index is 509.